The van der Waals surface area contributed by atoms with Crippen molar-refractivity contribution in [1.82, 2.24) is 0 Å². The Morgan fingerprint density at radius 3 is 2.71 bits per heavy atom. The fourth-order valence-electron chi connectivity index (χ4n) is 1.23. The van der Waals surface area contributed by atoms with Crippen molar-refractivity contribution in [1.29, 1.82) is 0 Å². The van der Waals surface area contributed by atoms with E-state index in [0.29, 0.717) is 6.61 Å². The van der Waals surface area contributed by atoms with Crippen LogP contribution in [0.5, 0.6) is 0 Å². The Bertz CT molecular complexity index is 229. The number of rotatable bonds is 2. The van der Waals surface area contributed by atoms with E-state index in [2.05, 4.69) is 27.8 Å². The van der Waals surface area contributed by atoms with Gasteiger partial charge in [-0.15, -0.1) is 0 Å². The van der Waals surface area contributed by atoms with Crippen molar-refractivity contribution in [2.24, 2.45) is 4.99 Å². The van der Waals surface area contributed by atoms with Crippen LogP contribution < -0.4 is 0 Å². The SMILES string of the molecule is CCC[C@@H]1N=C(C(Cl)(Cl)Cl)OC[C@H]1Br. The molecule has 0 N–H and O–H groups in total. The Hall–Kier alpha value is 0.820. The van der Waals surface area contributed by atoms with Gasteiger partial charge in [-0.3, -0.25) is 0 Å². The van der Waals surface area contributed by atoms with Gasteiger partial charge in [-0.25, -0.2) is 4.99 Å². The molecule has 1 heterocycles. The zero-order valence-corrected chi connectivity index (χ0v) is 11.5. The third-order valence-electron chi connectivity index (χ3n) is 1.91. The highest BCUT2D eigenvalue weighted by molar-refractivity contribution is 9.09. The lowest BCUT2D eigenvalue weighted by Gasteiger charge is -2.28. The predicted octanol–water partition coefficient (Wildman–Crippen LogP) is 3.72. The maximum Gasteiger partial charge on any atom is 0.266 e. The molecule has 0 bridgehead atoms. The van der Waals surface area contributed by atoms with Gasteiger partial charge in [-0.05, 0) is 6.42 Å². The van der Waals surface area contributed by atoms with E-state index in [4.69, 9.17) is 39.5 Å². The van der Waals surface area contributed by atoms with E-state index in [1.54, 1.807) is 0 Å². The molecule has 1 rings (SSSR count). The van der Waals surface area contributed by atoms with Gasteiger partial charge in [-0.2, -0.15) is 0 Å². The fraction of sp³-hybridized carbons (Fsp3) is 0.875. The number of hydrogen-bond donors (Lipinski definition) is 0. The van der Waals surface area contributed by atoms with E-state index < -0.39 is 3.79 Å². The van der Waals surface area contributed by atoms with Crippen molar-refractivity contribution in [3.63, 3.8) is 0 Å². The molecule has 2 atom stereocenters. The minimum absolute atomic E-state index is 0.138. The van der Waals surface area contributed by atoms with Gasteiger partial charge in [0.15, 0.2) is 0 Å². The van der Waals surface area contributed by atoms with E-state index in [0.717, 1.165) is 12.8 Å². The molecule has 0 saturated heterocycles. The molecule has 0 saturated carbocycles. The third kappa shape index (κ3) is 3.44. The van der Waals surface area contributed by atoms with Gasteiger partial charge in [-0.1, -0.05) is 64.1 Å². The van der Waals surface area contributed by atoms with E-state index in [1.165, 1.54) is 0 Å². The highest BCUT2D eigenvalue weighted by atomic mass is 79.9. The molecule has 1 aliphatic rings. The first-order valence-electron chi connectivity index (χ1n) is 4.37. The molecule has 14 heavy (non-hydrogen) atoms. The van der Waals surface area contributed by atoms with Gasteiger partial charge in [0.1, 0.15) is 6.61 Å². The molecule has 0 aromatic heterocycles. The molecule has 0 aliphatic carbocycles. The first-order chi connectivity index (χ1) is 6.45. The Kier molecular flexibility index (Phi) is 4.82. The van der Waals surface area contributed by atoms with Gasteiger partial charge >= 0.3 is 0 Å². The molecule has 2 nitrogen and oxygen atoms in total. The van der Waals surface area contributed by atoms with Crippen molar-refractivity contribution < 1.29 is 4.74 Å². The summed E-state index contributed by atoms with van der Waals surface area (Å²) in [6.07, 6.45) is 2.01. The van der Waals surface area contributed by atoms with Crippen LogP contribution in [-0.4, -0.2) is 27.2 Å². The smallest absolute Gasteiger partial charge is 0.266 e. The average Bonchev–Trinajstić information content (AvgIpc) is 2.07. The van der Waals surface area contributed by atoms with Crippen LogP contribution in [0, 0.1) is 0 Å². The summed E-state index contributed by atoms with van der Waals surface area (Å²) in [6.45, 7) is 2.59. The quantitative estimate of drug-likeness (QED) is 0.710. The molecular weight excluding hydrogens is 312 g/mol. The second kappa shape index (κ2) is 5.24. The molecule has 0 aromatic carbocycles. The van der Waals surface area contributed by atoms with Crippen LogP contribution in [0.4, 0.5) is 0 Å². The van der Waals surface area contributed by atoms with Gasteiger partial charge in [0, 0.05) is 0 Å². The van der Waals surface area contributed by atoms with Crippen LogP contribution in [0.25, 0.3) is 0 Å². The zero-order chi connectivity index (χ0) is 10.8. The summed E-state index contributed by atoms with van der Waals surface area (Å²) in [5.74, 6) is 0.205. The van der Waals surface area contributed by atoms with Gasteiger partial charge in [0.2, 0.25) is 5.90 Å². The molecule has 0 fully saturated rings. The Labute approximate surface area is 107 Å². The molecule has 6 heteroatoms. The Morgan fingerprint density at radius 1 is 1.57 bits per heavy atom. The minimum Gasteiger partial charge on any atom is -0.477 e. The highest BCUT2D eigenvalue weighted by Crippen LogP contribution is 2.32. The number of ether oxygens (including phenoxy) is 1. The molecule has 0 spiro atoms. The molecule has 0 aromatic rings. The van der Waals surface area contributed by atoms with E-state index >= 15 is 0 Å². The van der Waals surface area contributed by atoms with E-state index in [9.17, 15) is 0 Å². The van der Waals surface area contributed by atoms with E-state index in [-0.39, 0.29) is 16.8 Å². The summed E-state index contributed by atoms with van der Waals surface area (Å²) in [7, 11) is 0. The van der Waals surface area contributed by atoms with Crippen molar-refractivity contribution in [2.45, 2.75) is 34.4 Å². The molecular formula is C8H11BrCl3NO. The molecule has 82 valence electrons. The minimum atomic E-state index is -1.54. The van der Waals surface area contributed by atoms with Crippen LogP contribution in [0.15, 0.2) is 4.99 Å². The van der Waals surface area contributed by atoms with Gasteiger partial charge in [0.25, 0.3) is 3.79 Å². The number of aliphatic imine (C=N–C) groups is 1. The summed E-state index contributed by atoms with van der Waals surface area (Å²) in [6, 6.07) is 0.138. The fourth-order valence-corrected chi connectivity index (χ4v) is 2.06. The third-order valence-corrected chi connectivity index (χ3v) is 3.27. The summed E-state index contributed by atoms with van der Waals surface area (Å²) in [4.78, 5) is 4.48. The summed E-state index contributed by atoms with van der Waals surface area (Å²) >= 11 is 20.5. The number of alkyl halides is 4. The maximum atomic E-state index is 5.68. The first kappa shape index (κ1) is 12.9. The van der Waals surface area contributed by atoms with Crippen molar-refractivity contribution in [3.05, 3.63) is 0 Å². The standard InChI is InChI=1S/C8H11BrCl3NO/c1-2-3-6-5(9)4-14-7(13-6)8(10,11)12/h5-6H,2-4H2,1H3/t5-,6+/m1/s1. The van der Waals surface area contributed by atoms with Crippen LogP contribution >= 0.6 is 50.7 Å². The lowest BCUT2D eigenvalue weighted by atomic mass is 10.1. The summed E-state index contributed by atoms with van der Waals surface area (Å²) < 4.78 is 3.70. The monoisotopic (exact) mass is 321 g/mol. The predicted molar refractivity (Wildman–Crippen MR) is 65.1 cm³/mol. The normalized spacial score (nSPS) is 28.2. The first-order valence-corrected chi connectivity index (χ1v) is 6.42. The van der Waals surface area contributed by atoms with Gasteiger partial charge < -0.3 is 4.74 Å². The molecule has 1 aliphatic heterocycles. The van der Waals surface area contributed by atoms with Gasteiger partial charge in [0.05, 0.1) is 10.9 Å². The topological polar surface area (TPSA) is 21.6 Å². The zero-order valence-electron chi connectivity index (χ0n) is 7.64. The number of nitrogens with zero attached hydrogens (tertiary/aromatic N) is 1. The lowest BCUT2D eigenvalue weighted by Crippen LogP contribution is -2.37. The molecule has 0 amide bonds. The average molecular weight is 323 g/mol. The van der Waals surface area contributed by atoms with Crippen molar-refractivity contribution in [3.8, 4) is 0 Å². The largest absolute Gasteiger partial charge is 0.477 e. The van der Waals surface area contributed by atoms with E-state index in [1.807, 2.05) is 0 Å². The Balaban J connectivity index is 2.74. The second-order valence-electron chi connectivity index (χ2n) is 3.12. The second-order valence-corrected chi connectivity index (χ2v) is 6.57. The van der Waals surface area contributed by atoms with Crippen LogP contribution in [0.3, 0.4) is 0 Å². The number of halogens is 4. The lowest BCUT2D eigenvalue weighted by molar-refractivity contribution is 0.260. The molecule has 0 radical (unpaired) electrons. The van der Waals surface area contributed by atoms with Crippen molar-refractivity contribution >= 4 is 56.6 Å². The molecule has 0 unspecified atom stereocenters. The van der Waals surface area contributed by atoms with Crippen LogP contribution in [-0.2, 0) is 4.74 Å². The van der Waals surface area contributed by atoms with Crippen LogP contribution in [0.2, 0.25) is 0 Å². The Morgan fingerprint density at radius 2 is 2.21 bits per heavy atom. The highest BCUT2D eigenvalue weighted by Gasteiger charge is 2.35. The van der Waals surface area contributed by atoms with Crippen molar-refractivity contribution in [2.75, 3.05) is 6.61 Å². The maximum absolute atomic E-state index is 5.68. The number of hydrogen-bond acceptors (Lipinski definition) is 2. The summed E-state index contributed by atoms with van der Waals surface area (Å²) in [5, 5.41) is 0. The summed E-state index contributed by atoms with van der Waals surface area (Å²) in [5.41, 5.74) is 0. The van der Waals surface area contributed by atoms with Crippen LogP contribution in [0.1, 0.15) is 19.8 Å².